The first-order valence-corrected chi connectivity index (χ1v) is 7.34. The van der Waals surface area contributed by atoms with Crippen LogP contribution in [0.15, 0.2) is 0 Å². The monoisotopic (exact) mass is 282 g/mol. The Kier molecular flexibility index (Phi) is 10.1. The first kappa shape index (κ1) is 18.9. The fourth-order valence-electron chi connectivity index (χ4n) is 1.64. The Labute approximate surface area is 124 Å². The summed E-state index contributed by atoms with van der Waals surface area (Å²) in [7, 11) is 3.53. The maximum absolute atomic E-state index is 10.8. The smallest absolute Gasteiger partial charge is 0.224 e. The van der Waals surface area contributed by atoms with E-state index in [1.165, 1.54) is 0 Å². The molecule has 0 aromatic rings. The number of nitrogens with zero attached hydrogens (tertiary/aromatic N) is 2. The van der Waals surface area contributed by atoms with Crippen LogP contribution in [0.3, 0.4) is 0 Å². The van der Waals surface area contributed by atoms with Crippen LogP contribution >= 0.6 is 0 Å². The molecule has 1 fully saturated rings. The van der Waals surface area contributed by atoms with Crippen molar-refractivity contribution in [3.8, 4) is 11.8 Å². The number of morpholine rings is 1. The van der Waals surface area contributed by atoms with E-state index in [1.54, 1.807) is 19.0 Å². The van der Waals surface area contributed by atoms with Gasteiger partial charge in [0.25, 0.3) is 0 Å². The van der Waals surface area contributed by atoms with Crippen LogP contribution in [-0.2, 0) is 9.53 Å². The van der Waals surface area contributed by atoms with Gasteiger partial charge in [-0.2, -0.15) is 0 Å². The Balaban J connectivity index is 0.000000396. The molecule has 0 saturated carbocycles. The Morgan fingerprint density at radius 3 is 2.10 bits per heavy atom. The number of hydrogen-bond acceptors (Lipinski definition) is 3. The minimum absolute atomic E-state index is 0.130. The highest BCUT2D eigenvalue weighted by Crippen LogP contribution is 1.95. The third-order valence-corrected chi connectivity index (χ3v) is 2.73. The summed E-state index contributed by atoms with van der Waals surface area (Å²) in [6.45, 7) is 12.7. The average molecular weight is 282 g/mol. The molecule has 0 N–H and O–H groups in total. The molecule has 1 amide bonds. The lowest BCUT2D eigenvalue weighted by molar-refractivity contribution is -0.131. The highest BCUT2D eigenvalue weighted by atomic mass is 16.5. The molecule has 0 aromatic heterocycles. The van der Waals surface area contributed by atoms with Crippen molar-refractivity contribution in [2.45, 2.75) is 27.7 Å². The zero-order valence-corrected chi connectivity index (χ0v) is 13.9. The molecule has 1 aliphatic heterocycles. The van der Waals surface area contributed by atoms with Gasteiger partial charge in [-0.3, -0.25) is 9.69 Å². The molecule has 1 heterocycles. The van der Waals surface area contributed by atoms with Gasteiger partial charge in [0.2, 0.25) is 5.91 Å². The SMILES string of the molecule is CC(C)C#CCN1CCOCC1.CC(C)C(=O)N(C)C. The molecular weight excluding hydrogens is 252 g/mol. The maximum atomic E-state index is 10.8. The lowest BCUT2D eigenvalue weighted by Gasteiger charge is -2.24. The van der Waals surface area contributed by atoms with Gasteiger partial charge in [-0.05, 0) is 0 Å². The number of amides is 1. The Morgan fingerprint density at radius 1 is 1.20 bits per heavy atom. The second kappa shape index (κ2) is 10.7. The topological polar surface area (TPSA) is 32.8 Å². The van der Waals surface area contributed by atoms with Crippen LogP contribution in [0, 0.1) is 23.7 Å². The van der Waals surface area contributed by atoms with Crippen LogP contribution < -0.4 is 0 Å². The molecule has 0 bridgehead atoms. The predicted octanol–water partition coefficient (Wildman–Crippen LogP) is 1.71. The van der Waals surface area contributed by atoms with Gasteiger partial charge < -0.3 is 9.64 Å². The molecule has 20 heavy (non-hydrogen) atoms. The standard InChI is InChI=1S/C10H17NO.C6H13NO/c1-10(2)4-3-5-11-6-8-12-9-7-11;1-5(2)6(8)7(3)4/h10H,5-9H2,1-2H3;5H,1-4H3. The Morgan fingerprint density at radius 2 is 1.75 bits per heavy atom. The normalized spacial score (nSPS) is 15.2. The number of ether oxygens (including phenoxy) is 1. The van der Waals surface area contributed by atoms with E-state index < -0.39 is 0 Å². The van der Waals surface area contributed by atoms with E-state index in [0.29, 0.717) is 5.92 Å². The third-order valence-electron chi connectivity index (χ3n) is 2.73. The molecular formula is C16H30N2O2. The molecule has 0 atom stereocenters. The number of carbonyl (C=O) groups is 1. The van der Waals surface area contributed by atoms with E-state index in [0.717, 1.165) is 32.8 Å². The van der Waals surface area contributed by atoms with E-state index in [9.17, 15) is 4.79 Å². The molecule has 0 spiro atoms. The molecule has 0 radical (unpaired) electrons. The van der Waals surface area contributed by atoms with Crippen molar-refractivity contribution in [2.75, 3.05) is 46.9 Å². The fraction of sp³-hybridized carbons (Fsp3) is 0.812. The lowest BCUT2D eigenvalue weighted by atomic mass is 10.2. The minimum atomic E-state index is 0.130. The van der Waals surface area contributed by atoms with E-state index in [-0.39, 0.29) is 11.8 Å². The van der Waals surface area contributed by atoms with E-state index in [4.69, 9.17) is 4.74 Å². The Bertz CT molecular complexity index is 311. The van der Waals surface area contributed by atoms with Crippen LogP contribution in [0.2, 0.25) is 0 Å². The van der Waals surface area contributed by atoms with E-state index in [2.05, 4.69) is 30.6 Å². The van der Waals surface area contributed by atoms with Crippen molar-refractivity contribution in [3.63, 3.8) is 0 Å². The Hall–Kier alpha value is -1.05. The predicted molar refractivity (Wildman–Crippen MR) is 83.4 cm³/mol. The zero-order valence-electron chi connectivity index (χ0n) is 13.9. The highest BCUT2D eigenvalue weighted by Gasteiger charge is 2.07. The summed E-state index contributed by atoms with van der Waals surface area (Å²) in [6, 6.07) is 0. The second-order valence-corrected chi connectivity index (χ2v) is 5.75. The largest absolute Gasteiger partial charge is 0.379 e. The lowest BCUT2D eigenvalue weighted by Crippen LogP contribution is -2.36. The van der Waals surface area contributed by atoms with Gasteiger partial charge in [-0.1, -0.05) is 39.5 Å². The summed E-state index contributed by atoms with van der Waals surface area (Å²) in [5.41, 5.74) is 0. The third kappa shape index (κ3) is 9.82. The molecule has 0 unspecified atom stereocenters. The van der Waals surface area contributed by atoms with Gasteiger partial charge in [0.05, 0.1) is 19.8 Å². The minimum Gasteiger partial charge on any atom is -0.379 e. The highest BCUT2D eigenvalue weighted by molar-refractivity contribution is 5.77. The number of carbonyl (C=O) groups excluding carboxylic acids is 1. The van der Waals surface area contributed by atoms with Gasteiger partial charge in [-0.25, -0.2) is 0 Å². The molecule has 0 aliphatic carbocycles. The summed E-state index contributed by atoms with van der Waals surface area (Å²) in [5, 5.41) is 0. The summed E-state index contributed by atoms with van der Waals surface area (Å²) in [6.07, 6.45) is 0. The number of rotatable bonds is 2. The molecule has 1 rings (SSSR count). The molecule has 4 heteroatoms. The molecule has 116 valence electrons. The first-order chi connectivity index (χ1) is 9.34. The van der Waals surface area contributed by atoms with Crippen molar-refractivity contribution >= 4 is 5.91 Å². The van der Waals surface area contributed by atoms with Crippen molar-refractivity contribution in [1.82, 2.24) is 9.80 Å². The average Bonchev–Trinajstić information content (AvgIpc) is 2.39. The van der Waals surface area contributed by atoms with Crippen LogP contribution in [0.1, 0.15) is 27.7 Å². The molecule has 4 nitrogen and oxygen atoms in total. The quantitative estimate of drug-likeness (QED) is 0.723. The van der Waals surface area contributed by atoms with E-state index in [1.807, 2.05) is 13.8 Å². The van der Waals surface area contributed by atoms with Gasteiger partial charge >= 0.3 is 0 Å². The van der Waals surface area contributed by atoms with Crippen molar-refractivity contribution in [1.29, 1.82) is 0 Å². The molecule has 1 saturated heterocycles. The van der Waals surface area contributed by atoms with E-state index >= 15 is 0 Å². The van der Waals surface area contributed by atoms with Crippen LogP contribution in [0.4, 0.5) is 0 Å². The van der Waals surface area contributed by atoms with Gasteiger partial charge in [-0.15, -0.1) is 0 Å². The van der Waals surface area contributed by atoms with Gasteiger partial charge in [0.15, 0.2) is 0 Å². The van der Waals surface area contributed by atoms with Crippen molar-refractivity contribution in [2.24, 2.45) is 11.8 Å². The number of hydrogen-bond donors (Lipinski definition) is 0. The van der Waals surface area contributed by atoms with Crippen LogP contribution in [0.25, 0.3) is 0 Å². The van der Waals surface area contributed by atoms with Crippen LogP contribution in [0.5, 0.6) is 0 Å². The van der Waals surface area contributed by atoms with Gasteiger partial charge in [0.1, 0.15) is 0 Å². The van der Waals surface area contributed by atoms with Crippen LogP contribution in [-0.4, -0.2) is 62.7 Å². The summed E-state index contributed by atoms with van der Waals surface area (Å²) in [4.78, 5) is 14.7. The summed E-state index contributed by atoms with van der Waals surface area (Å²) < 4.78 is 5.24. The van der Waals surface area contributed by atoms with Gasteiger partial charge in [0, 0.05) is 39.0 Å². The summed E-state index contributed by atoms with van der Waals surface area (Å²) >= 11 is 0. The van der Waals surface area contributed by atoms with Crippen molar-refractivity contribution in [3.05, 3.63) is 0 Å². The molecule has 1 aliphatic rings. The first-order valence-electron chi connectivity index (χ1n) is 7.34. The molecule has 0 aromatic carbocycles. The fourth-order valence-corrected chi connectivity index (χ4v) is 1.64. The summed E-state index contributed by atoms with van der Waals surface area (Å²) in [5.74, 6) is 7.14. The van der Waals surface area contributed by atoms with Crippen molar-refractivity contribution < 1.29 is 9.53 Å². The zero-order chi connectivity index (χ0) is 15.5. The second-order valence-electron chi connectivity index (χ2n) is 5.75. The maximum Gasteiger partial charge on any atom is 0.224 e.